The molecule has 0 amide bonds. The van der Waals surface area contributed by atoms with Gasteiger partial charge in [0.15, 0.2) is 0 Å². The molecule has 3 heterocycles. The summed E-state index contributed by atoms with van der Waals surface area (Å²) in [7, 11) is -3.99. The fourth-order valence-electron chi connectivity index (χ4n) is 3.33. The Bertz CT molecular complexity index is 733. The van der Waals surface area contributed by atoms with E-state index in [9.17, 15) is 8.42 Å². The standard InChI is InChI=1S/C17H22O9S/c1-11-2-4-12(5-3-11)27(18,19)26-14-7-21-9-24-16(14)17-15-13(22-10-25-17)6-20-8-23-15/h2-5,13-17H,6-10H2,1H3/t13-,14-,15+,16-,17+/m1/s1. The van der Waals surface area contributed by atoms with Gasteiger partial charge < -0.3 is 28.4 Å². The summed E-state index contributed by atoms with van der Waals surface area (Å²) in [5.41, 5.74) is 0.953. The number of hydrogen-bond donors (Lipinski definition) is 0. The monoisotopic (exact) mass is 402 g/mol. The third-order valence-electron chi connectivity index (χ3n) is 4.73. The SMILES string of the molecule is Cc1ccc(S(=O)(=O)O[C@@H]2COCO[C@H]2[C@H]2OCO[C@@H]3COCO[C@H]23)cc1. The molecule has 0 radical (unpaired) electrons. The van der Waals surface area contributed by atoms with Gasteiger partial charge in [0.2, 0.25) is 0 Å². The van der Waals surface area contributed by atoms with Crippen LogP contribution >= 0.6 is 0 Å². The van der Waals surface area contributed by atoms with E-state index in [2.05, 4.69) is 0 Å². The summed E-state index contributed by atoms with van der Waals surface area (Å²) in [6.07, 6.45) is -2.87. The molecule has 150 valence electrons. The minimum atomic E-state index is -3.99. The molecule has 3 aliphatic rings. The zero-order valence-electron chi connectivity index (χ0n) is 14.8. The smallest absolute Gasteiger partial charge is 0.297 e. The van der Waals surface area contributed by atoms with Crippen molar-refractivity contribution in [3.05, 3.63) is 29.8 Å². The largest absolute Gasteiger partial charge is 0.353 e. The second kappa shape index (κ2) is 8.10. The highest BCUT2D eigenvalue weighted by molar-refractivity contribution is 7.86. The summed E-state index contributed by atoms with van der Waals surface area (Å²) in [5.74, 6) is 0. The molecule has 1 aromatic carbocycles. The first-order valence-corrected chi connectivity index (χ1v) is 10.1. The van der Waals surface area contributed by atoms with Gasteiger partial charge in [-0.05, 0) is 19.1 Å². The normalized spacial score (nSPS) is 34.8. The number of rotatable bonds is 4. The second-order valence-electron chi connectivity index (χ2n) is 6.60. The fourth-order valence-corrected chi connectivity index (χ4v) is 4.40. The molecule has 0 aliphatic carbocycles. The Kier molecular flexibility index (Phi) is 5.76. The van der Waals surface area contributed by atoms with Gasteiger partial charge in [-0.2, -0.15) is 8.42 Å². The van der Waals surface area contributed by atoms with Gasteiger partial charge in [0.25, 0.3) is 10.1 Å². The lowest BCUT2D eigenvalue weighted by atomic mass is 9.97. The molecule has 5 atom stereocenters. The van der Waals surface area contributed by atoms with Crippen molar-refractivity contribution in [2.45, 2.75) is 42.3 Å². The zero-order chi connectivity index (χ0) is 18.9. The molecular weight excluding hydrogens is 380 g/mol. The number of benzene rings is 1. The highest BCUT2D eigenvalue weighted by Gasteiger charge is 2.48. The minimum Gasteiger partial charge on any atom is -0.353 e. The first-order valence-electron chi connectivity index (χ1n) is 8.66. The molecule has 0 aromatic heterocycles. The molecule has 1 aromatic rings. The number of aryl methyl sites for hydroxylation is 1. The zero-order valence-corrected chi connectivity index (χ0v) is 15.6. The molecule has 3 aliphatic heterocycles. The first kappa shape index (κ1) is 19.2. The van der Waals surface area contributed by atoms with Crippen molar-refractivity contribution in [3.8, 4) is 0 Å². The van der Waals surface area contributed by atoms with Crippen molar-refractivity contribution < 1.29 is 41.0 Å². The summed E-state index contributed by atoms with van der Waals surface area (Å²) in [6.45, 7) is 2.48. The number of ether oxygens (including phenoxy) is 6. The van der Waals surface area contributed by atoms with Gasteiger partial charge in [0.05, 0.1) is 18.1 Å². The van der Waals surface area contributed by atoms with E-state index < -0.39 is 34.5 Å². The van der Waals surface area contributed by atoms with Crippen LogP contribution in [0.3, 0.4) is 0 Å². The van der Waals surface area contributed by atoms with Crippen LogP contribution in [0.5, 0.6) is 0 Å². The molecule has 0 bridgehead atoms. The van der Waals surface area contributed by atoms with Crippen LogP contribution in [-0.4, -0.2) is 72.5 Å². The minimum absolute atomic E-state index is 0.0176. The third-order valence-corrected chi connectivity index (χ3v) is 6.08. The highest BCUT2D eigenvalue weighted by Crippen LogP contribution is 2.30. The van der Waals surface area contributed by atoms with Crippen LogP contribution in [0.4, 0.5) is 0 Å². The Hall–Kier alpha value is -1.11. The maximum absolute atomic E-state index is 12.7. The van der Waals surface area contributed by atoms with Gasteiger partial charge in [-0.15, -0.1) is 0 Å². The van der Waals surface area contributed by atoms with Crippen molar-refractivity contribution in [2.75, 3.05) is 33.6 Å². The number of hydrogen-bond acceptors (Lipinski definition) is 9. The van der Waals surface area contributed by atoms with Crippen molar-refractivity contribution in [1.82, 2.24) is 0 Å². The van der Waals surface area contributed by atoms with Gasteiger partial charge in [0.1, 0.15) is 50.9 Å². The Balaban J connectivity index is 1.53. The fraction of sp³-hybridized carbons (Fsp3) is 0.647. The van der Waals surface area contributed by atoms with Gasteiger partial charge >= 0.3 is 0 Å². The van der Waals surface area contributed by atoms with Crippen LogP contribution in [0.15, 0.2) is 29.2 Å². The van der Waals surface area contributed by atoms with Crippen molar-refractivity contribution in [2.24, 2.45) is 0 Å². The van der Waals surface area contributed by atoms with E-state index in [1.54, 1.807) is 12.1 Å². The molecule has 0 spiro atoms. The molecular formula is C17H22O9S. The van der Waals surface area contributed by atoms with Crippen molar-refractivity contribution in [3.63, 3.8) is 0 Å². The summed E-state index contributed by atoms with van der Waals surface area (Å²) in [4.78, 5) is 0.0745. The molecule has 0 saturated carbocycles. The predicted molar refractivity (Wildman–Crippen MR) is 89.2 cm³/mol. The molecule has 0 unspecified atom stereocenters. The lowest BCUT2D eigenvalue weighted by molar-refractivity contribution is -0.332. The van der Waals surface area contributed by atoms with E-state index in [-0.39, 0.29) is 38.0 Å². The van der Waals surface area contributed by atoms with Gasteiger partial charge in [0, 0.05) is 0 Å². The third kappa shape index (κ3) is 4.17. The van der Waals surface area contributed by atoms with E-state index in [0.29, 0.717) is 6.61 Å². The maximum Gasteiger partial charge on any atom is 0.297 e. The Morgan fingerprint density at radius 3 is 2.30 bits per heavy atom. The molecule has 10 heteroatoms. The van der Waals surface area contributed by atoms with E-state index in [0.717, 1.165) is 5.56 Å². The van der Waals surface area contributed by atoms with E-state index in [1.165, 1.54) is 12.1 Å². The summed E-state index contributed by atoms with van der Waals surface area (Å²) < 4.78 is 63.8. The van der Waals surface area contributed by atoms with Crippen LogP contribution in [-0.2, 0) is 42.7 Å². The average molecular weight is 402 g/mol. The lowest BCUT2D eigenvalue weighted by Crippen LogP contribution is -2.61. The maximum atomic E-state index is 12.7. The molecule has 3 saturated heterocycles. The summed E-state index contributed by atoms with van der Waals surface area (Å²) in [5, 5.41) is 0. The molecule has 4 rings (SSSR count). The Labute approximate surface area is 157 Å². The van der Waals surface area contributed by atoms with E-state index >= 15 is 0 Å². The van der Waals surface area contributed by atoms with Gasteiger partial charge in [-0.25, -0.2) is 0 Å². The molecule has 27 heavy (non-hydrogen) atoms. The Morgan fingerprint density at radius 1 is 0.852 bits per heavy atom. The lowest BCUT2D eigenvalue weighted by Gasteiger charge is -2.45. The molecule has 3 fully saturated rings. The highest BCUT2D eigenvalue weighted by atomic mass is 32.2. The van der Waals surface area contributed by atoms with E-state index in [4.69, 9.17) is 32.6 Å². The van der Waals surface area contributed by atoms with Gasteiger partial charge in [-0.3, -0.25) is 4.18 Å². The van der Waals surface area contributed by atoms with Crippen LogP contribution in [0.1, 0.15) is 5.56 Å². The topological polar surface area (TPSA) is 98.8 Å². The number of fused-ring (bicyclic) bond motifs is 1. The molecule has 9 nitrogen and oxygen atoms in total. The average Bonchev–Trinajstić information content (AvgIpc) is 2.68. The molecule has 0 N–H and O–H groups in total. The van der Waals surface area contributed by atoms with E-state index in [1.807, 2.05) is 6.92 Å². The van der Waals surface area contributed by atoms with Crippen LogP contribution < -0.4 is 0 Å². The van der Waals surface area contributed by atoms with Crippen molar-refractivity contribution >= 4 is 10.1 Å². The van der Waals surface area contributed by atoms with Crippen LogP contribution in [0, 0.1) is 6.92 Å². The predicted octanol–water partition coefficient (Wildman–Crippen LogP) is 0.556. The Morgan fingerprint density at radius 2 is 1.52 bits per heavy atom. The van der Waals surface area contributed by atoms with Gasteiger partial charge in [-0.1, -0.05) is 17.7 Å². The van der Waals surface area contributed by atoms with Crippen LogP contribution in [0.25, 0.3) is 0 Å². The summed E-state index contributed by atoms with van der Waals surface area (Å²) in [6, 6.07) is 6.44. The second-order valence-corrected chi connectivity index (χ2v) is 8.17. The van der Waals surface area contributed by atoms with Crippen LogP contribution in [0.2, 0.25) is 0 Å². The summed E-state index contributed by atoms with van der Waals surface area (Å²) >= 11 is 0. The van der Waals surface area contributed by atoms with Crippen molar-refractivity contribution in [1.29, 1.82) is 0 Å². The first-order chi connectivity index (χ1) is 13.0. The quantitative estimate of drug-likeness (QED) is 0.669.